The van der Waals surface area contributed by atoms with E-state index in [2.05, 4.69) is 30.2 Å². The van der Waals surface area contributed by atoms with Gasteiger partial charge < -0.3 is 10.2 Å². The van der Waals surface area contributed by atoms with E-state index in [1.54, 1.807) is 6.08 Å². The molecule has 0 radical (unpaired) electrons. The van der Waals surface area contributed by atoms with Crippen molar-refractivity contribution in [2.24, 2.45) is 22.7 Å². The van der Waals surface area contributed by atoms with Gasteiger partial charge in [-0.2, -0.15) is 0 Å². The number of rotatable bonds is 6. The summed E-state index contributed by atoms with van der Waals surface area (Å²) < 4.78 is 58.9. The van der Waals surface area contributed by atoms with E-state index in [1.165, 1.54) is 19.3 Å². The minimum atomic E-state index is -6.07. The van der Waals surface area contributed by atoms with E-state index < -0.39 is 38.4 Å². The van der Waals surface area contributed by atoms with E-state index in [-0.39, 0.29) is 70.4 Å². The molecule has 2 aliphatic carbocycles. The van der Waals surface area contributed by atoms with Crippen molar-refractivity contribution in [3.8, 4) is 0 Å². The van der Waals surface area contributed by atoms with Crippen LogP contribution in [0.25, 0.3) is 0 Å². The molecular weight excluding hydrogens is 534 g/mol. The summed E-state index contributed by atoms with van der Waals surface area (Å²) >= 11 is -12.1. The van der Waals surface area contributed by atoms with Gasteiger partial charge in [-0.15, -0.1) is 6.58 Å². The second-order valence-corrected chi connectivity index (χ2v) is 14.0. The first kappa shape index (κ1) is 37.0. The molecule has 0 aromatic carbocycles. The summed E-state index contributed by atoms with van der Waals surface area (Å²) in [6.07, 6.45) is 8.96. The Bertz CT molecular complexity index is 825. The molecule has 5 atom stereocenters. The molecule has 0 aromatic heterocycles. The standard InChI is InChI=1S/C20H36O2.2Cr.2Na.7O/c1-7-18(4,21)13-9-16-19(5)12-8-11-17(2,3)15(19)10-14-20(16,6)22;;;;;;;;;;;/h7,15-16,21-22H,1,8-14H2,2-6H3;;;;;;;;;;;/q;;;2*+1;;;;;;2*-1/t15-,16+,18-,19-,20+;;;;;;;;;;;/m0.........../s1. The van der Waals surface area contributed by atoms with Crippen molar-refractivity contribution in [3.63, 3.8) is 0 Å². The van der Waals surface area contributed by atoms with Crippen LogP contribution in [0.15, 0.2) is 12.7 Å². The van der Waals surface area contributed by atoms with E-state index in [9.17, 15) is 33.7 Å². The topological polar surface area (TPSA) is 164 Å². The fourth-order valence-electron chi connectivity index (χ4n) is 5.91. The average molecular weight is 570 g/mol. The summed E-state index contributed by atoms with van der Waals surface area (Å²) in [5, 5.41) is 21.4. The SMILES string of the molecule is C=C[C@](C)(O)CC[C@@H]1[C@@]2(C)CCCC(C)(C)[C@@H]2CC[C@@]1(C)O.[Na+].[Na+].[O]=[Cr](=[O])([O-])[O][Cr](=[O])(=[O])[O-]. The van der Waals surface area contributed by atoms with Crippen molar-refractivity contribution in [2.45, 2.75) is 90.8 Å². The fraction of sp³-hybridized carbons (Fsp3) is 0.900. The number of fused-ring (bicyclic) bond motifs is 1. The van der Waals surface area contributed by atoms with Crippen LogP contribution >= 0.6 is 0 Å². The van der Waals surface area contributed by atoms with Gasteiger partial charge >= 0.3 is 113 Å². The summed E-state index contributed by atoms with van der Waals surface area (Å²) in [7, 11) is 0. The molecule has 13 heteroatoms. The molecule has 0 heterocycles. The normalized spacial score (nSPS) is 33.0. The van der Waals surface area contributed by atoms with E-state index >= 15 is 0 Å². The molecule has 184 valence electrons. The van der Waals surface area contributed by atoms with Crippen LogP contribution in [-0.2, 0) is 45.3 Å². The van der Waals surface area contributed by atoms with Gasteiger partial charge in [0, 0.05) is 0 Å². The Hall–Kier alpha value is 1.80. The second-order valence-electron chi connectivity index (χ2n) is 10.3. The Kier molecular flexibility index (Phi) is 14.6. The number of aliphatic hydroxyl groups is 2. The van der Waals surface area contributed by atoms with Crippen molar-refractivity contribution in [2.75, 3.05) is 0 Å². The van der Waals surface area contributed by atoms with Gasteiger partial charge in [-0.05, 0) is 75.0 Å². The molecule has 0 bridgehead atoms. The summed E-state index contributed by atoms with van der Waals surface area (Å²) in [5.74, 6) is 0.928. The van der Waals surface area contributed by atoms with Gasteiger partial charge in [-0.25, -0.2) is 0 Å². The predicted octanol–water partition coefficient (Wildman–Crippen LogP) is -4.22. The van der Waals surface area contributed by atoms with Crippen molar-refractivity contribution in [1.29, 1.82) is 0 Å². The van der Waals surface area contributed by atoms with Gasteiger partial charge in [-0.1, -0.05) is 33.3 Å². The third-order valence-electron chi connectivity index (χ3n) is 7.31. The van der Waals surface area contributed by atoms with E-state index in [0.29, 0.717) is 17.8 Å². The Labute approximate surface area is 246 Å². The van der Waals surface area contributed by atoms with Gasteiger partial charge in [-0.3, -0.25) is 0 Å². The predicted molar refractivity (Wildman–Crippen MR) is 96.5 cm³/mol. The molecule has 2 saturated carbocycles. The van der Waals surface area contributed by atoms with Crippen LogP contribution in [0.3, 0.4) is 0 Å². The molecule has 2 aliphatic rings. The van der Waals surface area contributed by atoms with Crippen LogP contribution in [0.5, 0.6) is 0 Å². The Morgan fingerprint density at radius 3 is 1.94 bits per heavy atom. The van der Waals surface area contributed by atoms with E-state index in [4.69, 9.17) is 0 Å². The molecule has 0 unspecified atom stereocenters. The molecule has 0 aliphatic heterocycles. The molecule has 33 heavy (non-hydrogen) atoms. The van der Waals surface area contributed by atoms with Gasteiger partial charge in [0.1, 0.15) is 0 Å². The number of hydrogen-bond donors (Lipinski definition) is 2. The summed E-state index contributed by atoms with van der Waals surface area (Å²) in [5.41, 5.74) is -0.900. The summed E-state index contributed by atoms with van der Waals surface area (Å²) in [4.78, 5) is 0. The van der Waals surface area contributed by atoms with Crippen LogP contribution in [0, 0.1) is 22.7 Å². The third kappa shape index (κ3) is 11.4. The van der Waals surface area contributed by atoms with Crippen molar-refractivity contribution < 1.29 is 123 Å². The molecule has 2 rings (SSSR count). The van der Waals surface area contributed by atoms with Crippen LogP contribution < -0.4 is 67.4 Å². The quantitative estimate of drug-likeness (QED) is 0.238. The van der Waals surface area contributed by atoms with Gasteiger partial charge in [0.05, 0.1) is 11.2 Å². The van der Waals surface area contributed by atoms with Crippen molar-refractivity contribution in [1.82, 2.24) is 0 Å². The Balaban J connectivity index is 0. The van der Waals surface area contributed by atoms with Gasteiger partial charge in [0.15, 0.2) is 0 Å². The molecule has 0 spiro atoms. The summed E-state index contributed by atoms with van der Waals surface area (Å²) in [6.45, 7) is 14.8. The van der Waals surface area contributed by atoms with Crippen LogP contribution in [0.4, 0.5) is 0 Å². The maximum atomic E-state index is 11.1. The molecule has 9 nitrogen and oxygen atoms in total. The number of hydrogen-bond acceptors (Lipinski definition) is 9. The fourth-order valence-corrected chi connectivity index (χ4v) is 7.54. The second kappa shape index (κ2) is 13.0. The monoisotopic (exact) mass is 570 g/mol. The first-order valence-corrected chi connectivity index (χ1v) is 14.5. The maximum absolute atomic E-state index is 11.1. The molecule has 0 aromatic rings. The minimum absolute atomic E-state index is 0. The van der Waals surface area contributed by atoms with Gasteiger partial charge in [0.25, 0.3) is 0 Å². The van der Waals surface area contributed by atoms with Crippen LogP contribution in [-0.4, -0.2) is 21.4 Å². The molecule has 2 fully saturated rings. The summed E-state index contributed by atoms with van der Waals surface area (Å²) in [6, 6.07) is 0. The Morgan fingerprint density at radius 1 is 1.06 bits per heavy atom. The van der Waals surface area contributed by atoms with Crippen LogP contribution in [0.1, 0.15) is 79.6 Å². The van der Waals surface area contributed by atoms with Gasteiger partial charge in [0.2, 0.25) is 0 Å². The molecular formula is C20H36Cr2Na2O9. The van der Waals surface area contributed by atoms with E-state index in [1.807, 2.05) is 13.8 Å². The molecule has 0 amide bonds. The van der Waals surface area contributed by atoms with E-state index in [0.717, 1.165) is 19.3 Å². The zero-order valence-corrected chi connectivity index (χ0v) is 27.5. The average Bonchev–Trinajstić information content (AvgIpc) is 2.49. The zero-order valence-electron chi connectivity index (χ0n) is 21.0. The molecule has 0 saturated heterocycles. The van der Waals surface area contributed by atoms with Crippen molar-refractivity contribution >= 4 is 0 Å². The van der Waals surface area contributed by atoms with Crippen LogP contribution in [0.2, 0.25) is 0 Å². The zero-order chi connectivity index (χ0) is 24.5. The first-order chi connectivity index (χ1) is 13.7. The molecule has 2 N–H and O–H groups in total. The third-order valence-corrected chi connectivity index (χ3v) is 9.97. The Morgan fingerprint density at radius 2 is 1.55 bits per heavy atom. The van der Waals surface area contributed by atoms with Crippen molar-refractivity contribution in [3.05, 3.63) is 12.7 Å². The first-order valence-electron chi connectivity index (χ1n) is 10.4.